The van der Waals surface area contributed by atoms with Crippen LogP contribution in [0.3, 0.4) is 0 Å². The molecule has 21 heavy (non-hydrogen) atoms. The quantitative estimate of drug-likeness (QED) is 0.346. The lowest BCUT2D eigenvalue weighted by atomic mass is 9.88. The van der Waals surface area contributed by atoms with E-state index in [0.29, 0.717) is 24.8 Å². The minimum absolute atomic E-state index is 0.0178. The highest BCUT2D eigenvalue weighted by Gasteiger charge is 2.33. The van der Waals surface area contributed by atoms with Crippen LogP contribution < -0.4 is 0 Å². The second-order valence-electron chi connectivity index (χ2n) is 5.55. The van der Waals surface area contributed by atoms with Gasteiger partial charge in [-0.05, 0) is 44.8 Å². The van der Waals surface area contributed by atoms with Gasteiger partial charge in [0.25, 0.3) is 5.09 Å². The summed E-state index contributed by atoms with van der Waals surface area (Å²) in [4.78, 5) is 27.2. The number of hydrogen-bond donors (Lipinski definition) is 0. The molecular weight excluding hydrogens is 274 g/mol. The molecule has 0 spiro atoms. The van der Waals surface area contributed by atoms with Gasteiger partial charge in [-0.15, -0.1) is 10.1 Å². The van der Waals surface area contributed by atoms with Crippen molar-refractivity contribution in [1.82, 2.24) is 0 Å². The van der Waals surface area contributed by atoms with E-state index in [0.717, 1.165) is 11.1 Å². The molecule has 0 amide bonds. The van der Waals surface area contributed by atoms with E-state index < -0.39 is 11.2 Å². The maximum absolute atomic E-state index is 11.9. The van der Waals surface area contributed by atoms with Crippen LogP contribution >= 0.6 is 0 Å². The largest absolute Gasteiger partial charge is 0.454 e. The topological polar surface area (TPSA) is 78.7 Å². The van der Waals surface area contributed by atoms with E-state index in [9.17, 15) is 14.9 Å². The molecule has 0 aromatic rings. The molecule has 0 aromatic carbocycles. The SMILES string of the molecule is C=C(C)[C@@H]1C/C=C(\C)[C@H](O[N+](=O)[O-])CCC2=C[C@@H]1OC2=O. The minimum Gasteiger partial charge on any atom is -0.454 e. The number of hydrogen-bond acceptors (Lipinski definition) is 5. The summed E-state index contributed by atoms with van der Waals surface area (Å²) in [5.74, 6) is -0.360. The zero-order valence-electron chi connectivity index (χ0n) is 12.2. The van der Waals surface area contributed by atoms with Crippen LogP contribution in [-0.2, 0) is 14.4 Å². The summed E-state index contributed by atoms with van der Waals surface area (Å²) in [7, 11) is 0. The molecule has 0 fully saturated rings. The van der Waals surface area contributed by atoms with Crippen LogP contribution in [0.2, 0.25) is 0 Å². The second kappa shape index (κ2) is 6.11. The number of carbonyl (C=O) groups is 1. The molecule has 0 unspecified atom stereocenters. The van der Waals surface area contributed by atoms with E-state index in [1.54, 1.807) is 0 Å². The molecular formula is C15H19NO5. The maximum atomic E-state index is 11.9. The van der Waals surface area contributed by atoms with Gasteiger partial charge < -0.3 is 9.57 Å². The Morgan fingerprint density at radius 2 is 2.29 bits per heavy atom. The van der Waals surface area contributed by atoms with Crippen molar-refractivity contribution in [3.8, 4) is 0 Å². The molecule has 0 saturated heterocycles. The third-order valence-electron chi connectivity index (χ3n) is 3.99. The minimum atomic E-state index is -0.784. The van der Waals surface area contributed by atoms with Crippen molar-refractivity contribution in [3.05, 3.63) is 45.6 Å². The fourth-order valence-corrected chi connectivity index (χ4v) is 2.70. The van der Waals surface area contributed by atoms with Crippen LogP contribution in [-0.4, -0.2) is 23.3 Å². The zero-order chi connectivity index (χ0) is 15.6. The number of rotatable bonds is 3. The van der Waals surface area contributed by atoms with Crippen molar-refractivity contribution in [2.24, 2.45) is 5.92 Å². The van der Waals surface area contributed by atoms with Crippen LogP contribution in [0.5, 0.6) is 0 Å². The van der Waals surface area contributed by atoms with Crippen molar-refractivity contribution in [2.75, 3.05) is 0 Å². The van der Waals surface area contributed by atoms with E-state index in [2.05, 4.69) is 6.58 Å². The summed E-state index contributed by atoms with van der Waals surface area (Å²) >= 11 is 0. The van der Waals surface area contributed by atoms with Crippen LogP contribution in [0.1, 0.15) is 33.1 Å². The number of esters is 1. The molecule has 0 aromatic heterocycles. The van der Waals surface area contributed by atoms with Crippen LogP contribution in [0.4, 0.5) is 0 Å². The molecule has 3 atom stereocenters. The highest BCUT2D eigenvalue weighted by molar-refractivity contribution is 5.91. The Kier molecular flexibility index (Phi) is 4.45. The van der Waals surface area contributed by atoms with Gasteiger partial charge in [0, 0.05) is 11.5 Å². The van der Waals surface area contributed by atoms with Gasteiger partial charge in [0.1, 0.15) is 12.2 Å². The highest BCUT2D eigenvalue weighted by atomic mass is 17.0. The van der Waals surface area contributed by atoms with Crippen LogP contribution in [0, 0.1) is 16.0 Å². The Labute approximate surface area is 123 Å². The third-order valence-corrected chi connectivity index (χ3v) is 3.99. The van der Waals surface area contributed by atoms with Crippen molar-refractivity contribution in [1.29, 1.82) is 0 Å². The molecule has 2 aliphatic rings. The lowest BCUT2D eigenvalue weighted by Gasteiger charge is -2.22. The van der Waals surface area contributed by atoms with Crippen molar-refractivity contribution in [2.45, 2.75) is 45.3 Å². The maximum Gasteiger partial charge on any atom is 0.334 e. The number of fused-ring (bicyclic) bond motifs is 1. The normalized spacial score (nSPS) is 31.5. The first-order valence-corrected chi connectivity index (χ1v) is 6.93. The zero-order valence-corrected chi connectivity index (χ0v) is 12.2. The van der Waals surface area contributed by atoms with E-state index in [4.69, 9.17) is 9.57 Å². The van der Waals surface area contributed by atoms with Gasteiger partial charge in [0.05, 0.1) is 0 Å². The number of ether oxygens (including phenoxy) is 1. The van der Waals surface area contributed by atoms with Gasteiger partial charge in [-0.2, -0.15) is 0 Å². The summed E-state index contributed by atoms with van der Waals surface area (Å²) in [6, 6.07) is 0. The summed E-state index contributed by atoms with van der Waals surface area (Å²) in [6.07, 6.45) is 4.22. The van der Waals surface area contributed by atoms with Gasteiger partial charge in [-0.25, -0.2) is 4.79 Å². The predicted molar refractivity (Wildman–Crippen MR) is 75.7 cm³/mol. The van der Waals surface area contributed by atoms with Gasteiger partial charge in [-0.3, -0.25) is 0 Å². The number of allylic oxidation sites excluding steroid dienone is 1. The molecule has 0 saturated carbocycles. The highest BCUT2D eigenvalue weighted by Crippen LogP contribution is 2.32. The Bertz CT molecular complexity index is 534. The smallest absolute Gasteiger partial charge is 0.334 e. The van der Waals surface area contributed by atoms with Gasteiger partial charge in [-0.1, -0.05) is 18.2 Å². The molecule has 1 aliphatic carbocycles. The van der Waals surface area contributed by atoms with Crippen LogP contribution in [0.15, 0.2) is 35.5 Å². The fourth-order valence-electron chi connectivity index (χ4n) is 2.70. The fraction of sp³-hybridized carbons (Fsp3) is 0.533. The van der Waals surface area contributed by atoms with E-state index >= 15 is 0 Å². The van der Waals surface area contributed by atoms with Crippen LogP contribution in [0.25, 0.3) is 0 Å². The summed E-state index contributed by atoms with van der Waals surface area (Å²) < 4.78 is 5.39. The van der Waals surface area contributed by atoms with Gasteiger partial charge in [0.2, 0.25) is 0 Å². The third kappa shape index (κ3) is 3.51. The Morgan fingerprint density at radius 3 is 2.90 bits per heavy atom. The lowest BCUT2D eigenvalue weighted by Crippen LogP contribution is -2.22. The average molecular weight is 293 g/mol. The monoisotopic (exact) mass is 293 g/mol. The van der Waals surface area contributed by atoms with E-state index in [1.165, 1.54) is 0 Å². The molecule has 2 rings (SSSR count). The molecule has 6 nitrogen and oxygen atoms in total. The molecule has 0 N–H and O–H groups in total. The van der Waals surface area contributed by atoms with Crippen molar-refractivity contribution in [3.63, 3.8) is 0 Å². The Morgan fingerprint density at radius 1 is 1.57 bits per heavy atom. The number of nitrogens with zero attached hydrogens (tertiary/aromatic N) is 1. The van der Waals surface area contributed by atoms with Gasteiger partial charge in [0.15, 0.2) is 0 Å². The summed E-state index contributed by atoms with van der Waals surface area (Å²) in [5.41, 5.74) is 2.28. The first kappa shape index (κ1) is 15.3. The first-order chi connectivity index (χ1) is 9.88. The second-order valence-corrected chi connectivity index (χ2v) is 5.55. The van der Waals surface area contributed by atoms with E-state index in [-0.39, 0.29) is 18.0 Å². The molecule has 1 aliphatic heterocycles. The van der Waals surface area contributed by atoms with E-state index in [1.807, 2.05) is 26.0 Å². The summed E-state index contributed by atoms with van der Waals surface area (Å²) in [5, 5.41) is 9.81. The summed E-state index contributed by atoms with van der Waals surface area (Å²) in [6.45, 7) is 7.65. The number of carbonyl (C=O) groups excluding carboxylic acids is 1. The molecule has 114 valence electrons. The predicted octanol–water partition coefficient (Wildman–Crippen LogP) is 2.74. The Hall–Kier alpha value is -2.11. The lowest BCUT2D eigenvalue weighted by molar-refractivity contribution is -0.766. The molecule has 6 heteroatoms. The molecule has 1 heterocycles. The van der Waals surface area contributed by atoms with Crippen molar-refractivity contribution >= 4 is 5.97 Å². The first-order valence-electron chi connectivity index (χ1n) is 6.93. The Balaban J connectivity index is 2.27. The molecule has 0 radical (unpaired) electrons. The average Bonchev–Trinajstić information content (AvgIpc) is 2.73. The van der Waals surface area contributed by atoms with Gasteiger partial charge >= 0.3 is 5.97 Å². The van der Waals surface area contributed by atoms with Crippen molar-refractivity contribution < 1.29 is 19.5 Å². The molecule has 2 bridgehead atoms. The standard InChI is InChI=1S/C15H19NO5/c1-9(2)12-6-4-10(3)13(21-16(18)19)7-5-11-8-14(12)20-15(11)17/h4,8,12-14H,1,5-7H2,2-3H3/b10-4+/t12-,13+,14-/m0/s1.